The number of nitrogens with zero attached hydrogens (tertiary/aromatic N) is 3. The second-order valence-electron chi connectivity index (χ2n) is 7.59. The van der Waals surface area contributed by atoms with Crippen LogP contribution in [0.25, 0.3) is 22.2 Å². The Morgan fingerprint density at radius 1 is 1.20 bits per heavy atom. The minimum absolute atomic E-state index is 0.0497. The standard InChI is InChI=1S/C21H21F3N4O2/c1-12-9-28(10-13(2)30-12)11-19-26-18-7-17(25-8-15(18)20(29)27-19)14-5-3-4-6-16(14)21(22,23)24/h3-8,12-13H,9-11H2,1-2H3,(H,26,27,29)/t12-,13?/m0/s1. The molecule has 1 saturated heterocycles. The molecule has 3 aromatic rings. The summed E-state index contributed by atoms with van der Waals surface area (Å²) in [6.45, 7) is 5.78. The van der Waals surface area contributed by atoms with Gasteiger partial charge in [0, 0.05) is 24.8 Å². The van der Waals surface area contributed by atoms with Gasteiger partial charge < -0.3 is 9.72 Å². The quantitative estimate of drug-likeness (QED) is 0.704. The van der Waals surface area contributed by atoms with E-state index < -0.39 is 11.7 Å². The third kappa shape index (κ3) is 4.22. The number of nitrogens with one attached hydrogen (secondary N) is 1. The summed E-state index contributed by atoms with van der Waals surface area (Å²) in [5.41, 5.74) is -0.768. The van der Waals surface area contributed by atoms with Crippen LogP contribution < -0.4 is 5.56 Å². The molecule has 2 atom stereocenters. The van der Waals surface area contributed by atoms with Gasteiger partial charge in [-0.2, -0.15) is 13.2 Å². The summed E-state index contributed by atoms with van der Waals surface area (Å²) in [6.07, 6.45) is -3.11. The van der Waals surface area contributed by atoms with E-state index in [9.17, 15) is 18.0 Å². The van der Waals surface area contributed by atoms with Crippen molar-refractivity contribution in [1.29, 1.82) is 0 Å². The lowest BCUT2D eigenvalue weighted by atomic mass is 10.0. The van der Waals surface area contributed by atoms with Gasteiger partial charge in [0.15, 0.2) is 0 Å². The fourth-order valence-electron chi connectivity index (χ4n) is 3.89. The zero-order chi connectivity index (χ0) is 21.5. The van der Waals surface area contributed by atoms with Crippen LogP contribution >= 0.6 is 0 Å². The molecule has 3 heterocycles. The lowest BCUT2D eigenvalue weighted by Gasteiger charge is -2.34. The van der Waals surface area contributed by atoms with Gasteiger partial charge in [0.2, 0.25) is 0 Å². The zero-order valence-corrected chi connectivity index (χ0v) is 16.5. The number of ether oxygens (including phenoxy) is 1. The molecule has 30 heavy (non-hydrogen) atoms. The molecule has 1 fully saturated rings. The van der Waals surface area contributed by atoms with Gasteiger partial charge in [-0.05, 0) is 26.0 Å². The number of halogens is 3. The molecule has 0 bridgehead atoms. The van der Waals surface area contributed by atoms with Crippen LogP contribution in [0.1, 0.15) is 25.2 Å². The molecule has 0 spiro atoms. The van der Waals surface area contributed by atoms with E-state index >= 15 is 0 Å². The molecule has 0 amide bonds. The van der Waals surface area contributed by atoms with Crippen molar-refractivity contribution in [2.24, 2.45) is 0 Å². The summed E-state index contributed by atoms with van der Waals surface area (Å²) in [5, 5.41) is 0.232. The summed E-state index contributed by atoms with van der Waals surface area (Å²) in [6, 6.07) is 6.66. The first-order chi connectivity index (χ1) is 14.2. The van der Waals surface area contributed by atoms with E-state index in [1.807, 2.05) is 13.8 Å². The average molecular weight is 418 g/mol. The third-order valence-corrected chi connectivity index (χ3v) is 5.02. The number of aromatic nitrogens is 3. The van der Waals surface area contributed by atoms with E-state index in [1.165, 1.54) is 30.5 Å². The predicted molar refractivity (Wildman–Crippen MR) is 106 cm³/mol. The number of hydrogen-bond donors (Lipinski definition) is 1. The SMILES string of the molecule is CC1CN(Cc2nc3cc(-c4ccccc4C(F)(F)F)ncc3c(=O)[nH]2)C[C@H](C)O1. The number of fused-ring (bicyclic) bond motifs is 1. The first-order valence-electron chi connectivity index (χ1n) is 9.64. The number of alkyl halides is 3. The lowest BCUT2D eigenvalue weighted by Crippen LogP contribution is -2.45. The molecule has 1 aliphatic heterocycles. The average Bonchev–Trinajstić information content (AvgIpc) is 2.66. The molecular formula is C21H21F3N4O2. The van der Waals surface area contributed by atoms with Gasteiger partial charge in [0.1, 0.15) is 5.82 Å². The summed E-state index contributed by atoms with van der Waals surface area (Å²) in [7, 11) is 0. The van der Waals surface area contributed by atoms with E-state index in [4.69, 9.17) is 4.74 Å². The van der Waals surface area contributed by atoms with E-state index in [2.05, 4.69) is 19.9 Å². The third-order valence-electron chi connectivity index (χ3n) is 5.02. The molecule has 0 aliphatic carbocycles. The highest BCUT2D eigenvalue weighted by molar-refractivity contribution is 5.81. The Balaban J connectivity index is 1.72. The van der Waals surface area contributed by atoms with Crippen LogP contribution in [0.15, 0.2) is 41.3 Å². The van der Waals surface area contributed by atoms with Gasteiger partial charge in [-0.25, -0.2) is 4.98 Å². The van der Waals surface area contributed by atoms with E-state index in [-0.39, 0.29) is 34.4 Å². The molecule has 1 aromatic carbocycles. The zero-order valence-electron chi connectivity index (χ0n) is 16.5. The summed E-state index contributed by atoms with van der Waals surface area (Å²) in [4.78, 5) is 26.0. The summed E-state index contributed by atoms with van der Waals surface area (Å²) >= 11 is 0. The molecule has 1 aliphatic rings. The van der Waals surface area contributed by atoms with E-state index in [0.717, 1.165) is 6.07 Å². The van der Waals surface area contributed by atoms with E-state index in [0.29, 0.717) is 31.0 Å². The van der Waals surface area contributed by atoms with Crippen molar-refractivity contribution in [1.82, 2.24) is 19.9 Å². The second kappa shape index (κ2) is 7.81. The fourth-order valence-corrected chi connectivity index (χ4v) is 3.89. The number of hydrogen-bond acceptors (Lipinski definition) is 5. The van der Waals surface area contributed by atoms with Crippen molar-refractivity contribution in [3.8, 4) is 11.3 Å². The maximum absolute atomic E-state index is 13.4. The molecule has 6 nitrogen and oxygen atoms in total. The van der Waals surface area contributed by atoms with Crippen molar-refractivity contribution in [2.75, 3.05) is 13.1 Å². The Morgan fingerprint density at radius 2 is 1.90 bits per heavy atom. The number of morpholine rings is 1. The van der Waals surface area contributed by atoms with Crippen LogP contribution in [-0.2, 0) is 17.5 Å². The fraction of sp³-hybridized carbons (Fsp3) is 0.381. The minimum Gasteiger partial charge on any atom is -0.373 e. The van der Waals surface area contributed by atoms with Crippen LogP contribution in [0.2, 0.25) is 0 Å². The maximum Gasteiger partial charge on any atom is 0.417 e. The molecule has 2 aromatic heterocycles. The second-order valence-corrected chi connectivity index (χ2v) is 7.59. The van der Waals surface area contributed by atoms with Gasteiger partial charge in [-0.3, -0.25) is 14.7 Å². The van der Waals surface area contributed by atoms with Crippen LogP contribution in [0.4, 0.5) is 13.2 Å². The Morgan fingerprint density at radius 3 is 2.60 bits per heavy atom. The summed E-state index contributed by atoms with van der Waals surface area (Å²) < 4.78 is 45.9. The van der Waals surface area contributed by atoms with Crippen molar-refractivity contribution in [2.45, 2.75) is 38.8 Å². The Hall–Kier alpha value is -2.78. The van der Waals surface area contributed by atoms with Gasteiger partial charge in [0.25, 0.3) is 5.56 Å². The van der Waals surface area contributed by atoms with Gasteiger partial charge in [-0.1, -0.05) is 18.2 Å². The minimum atomic E-state index is -4.51. The lowest BCUT2D eigenvalue weighted by molar-refractivity contribution is -0.137. The first kappa shape index (κ1) is 20.5. The number of H-pyrrole nitrogens is 1. The monoisotopic (exact) mass is 418 g/mol. The highest BCUT2D eigenvalue weighted by Gasteiger charge is 2.33. The van der Waals surface area contributed by atoms with Crippen LogP contribution in [-0.4, -0.2) is 45.1 Å². The first-order valence-corrected chi connectivity index (χ1v) is 9.64. The number of pyridine rings is 1. The number of aromatic amines is 1. The molecule has 0 saturated carbocycles. The molecule has 0 radical (unpaired) electrons. The molecule has 158 valence electrons. The van der Waals surface area contributed by atoms with Crippen molar-refractivity contribution < 1.29 is 17.9 Å². The number of benzene rings is 1. The van der Waals surface area contributed by atoms with Crippen molar-refractivity contribution in [3.05, 3.63) is 58.3 Å². The largest absolute Gasteiger partial charge is 0.417 e. The van der Waals surface area contributed by atoms with Gasteiger partial charge in [0.05, 0.1) is 40.9 Å². The molecule has 9 heteroatoms. The normalized spacial score (nSPS) is 20.6. The van der Waals surface area contributed by atoms with Crippen LogP contribution in [0.5, 0.6) is 0 Å². The van der Waals surface area contributed by atoms with Crippen molar-refractivity contribution in [3.63, 3.8) is 0 Å². The Labute approximate surface area is 170 Å². The molecule has 4 rings (SSSR count). The highest BCUT2D eigenvalue weighted by Crippen LogP contribution is 2.36. The molecule has 1 unspecified atom stereocenters. The Bertz CT molecular complexity index is 1120. The molecule has 1 N–H and O–H groups in total. The van der Waals surface area contributed by atoms with Crippen molar-refractivity contribution >= 4 is 10.9 Å². The van der Waals surface area contributed by atoms with Crippen LogP contribution in [0.3, 0.4) is 0 Å². The highest BCUT2D eigenvalue weighted by atomic mass is 19.4. The topological polar surface area (TPSA) is 71.1 Å². The Kier molecular flexibility index (Phi) is 5.33. The van der Waals surface area contributed by atoms with Crippen LogP contribution in [0, 0.1) is 0 Å². The predicted octanol–water partition coefficient (Wildman–Crippen LogP) is 3.61. The number of rotatable bonds is 3. The molecular weight excluding hydrogens is 397 g/mol. The van der Waals surface area contributed by atoms with E-state index in [1.54, 1.807) is 0 Å². The van der Waals surface area contributed by atoms with Gasteiger partial charge >= 0.3 is 6.18 Å². The van der Waals surface area contributed by atoms with Gasteiger partial charge in [-0.15, -0.1) is 0 Å². The summed E-state index contributed by atoms with van der Waals surface area (Å²) in [5.74, 6) is 0.454. The maximum atomic E-state index is 13.4. The smallest absolute Gasteiger partial charge is 0.373 e.